The summed E-state index contributed by atoms with van der Waals surface area (Å²) >= 11 is 0. The van der Waals surface area contributed by atoms with E-state index < -0.39 is 10.0 Å². The lowest BCUT2D eigenvalue weighted by molar-refractivity contribution is 0.372. The molecule has 0 atom stereocenters. The summed E-state index contributed by atoms with van der Waals surface area (Å²) in [6.07, 6.45) is 0. The van der Waals surface area contributed by atoms with E-state index in [0.717, 1.165) is 43.4 Å². The van der Waals surface area contributed by atoms with Gasteiger partial charge in [0, 0.05) is 59.6 Å². The molecule has 2 aromatic rings. The van der Waals surface area contributed by atoms with Gasteiger partial charge in [-0.3, -0.25) is 4.99 Å². The molecule has 1 aliphatic rings. The maximum absolute atomic E-state index is 13.1. The summed E-state index contributed by atoms with van der Waals surface area (Å²) in [6.45, 7) is 3.80. The first-order valence-electron chi connectivity index (χ1n) is 9.79. The number of piperazine rings is 1. The van der Waals surface area contributed by atoms with Gasteiger partial charge in [0.15, 0.2) is 5.96 Å². The van der Waals surface area contributed by atoms with Crippen molar-refractivity contribution in [2.75, 3.05) is 52.2 Å². The zero-order chi connectivity index (χ0) is 21.7. The van der Waals surface area contributed by atoms with E-state index in [9.17, 15) is 12.8 Å². The van der Waals surface area contributed by atoms with Crippen LogP contribution in [0.15, 0.2) is 58.4 Å². The van der Waals surface area contributed by atoms with Gasteiger partial charge in [-0.15, -0.1) is 24.0 Å². The highest BCUT2D eigenvalue weighted by atomic mass is 127. The Morgan fingerprint density at radius 3 is 2.13 bits per heavy atom. The van der Waals surface area contributed by atoms with Gasteiger partial charge in [-0.1, -0.05) is 12.1 Å². The van der Waals surface area contributed by atoms with Crippen LogP contribution in [0.5, 0.6) is 0 Å². The quantitative estimate of drug-likeness (QED) is 0.346. The molecule has 1 aliphatic heterocycles. The predicted molar refractivity (Wildman–Crippen MR) is 133 cm³/mol. The van der Waals surface area contributed by atoms with Gasteiger partial charge in [0.05, 0.1) is 4.90 Å². The molecule has 2 aromatic carbocycles. The summed E-state index contributed by atoms with van der Waals surface area (Å²) in [4.78, 5) is 9.07. The van der Waals surface area contributed by atoms with E-state index in [1.807, 2.05) is 12.1 Å². The first-order chi connectivity index (χ1) is 14.3. The molecule has 1 N–H and O–H groups in total. The molecular weight excluding hydrogens is 532 g/mol. The smallest absolute Gasteiger partial charge is 0.242 e. The predicted octanol–water partition coefficient (Wildman–Crippen LogP) is 2.59. The summed E-state index contributed by atoms with van der Waals surface area (Å²) in [7, 11) is 1.37. The van der Waals surface area contributed by atoms with Crippen molar-refractivity contribution < 1.29 is 12.8 Å². The van der Waals surface area contributed by atoms with Crippen LogP contribution in [0.25, 0.3) is 0 Å². The third kappa shape index (κ3) is 6.30. The summed E-state index contributed by atoms with van der Waals surface area (Å²) < 4.78 is 38.7. The number of anilines is 1. The van der Waals surface area contributed by atoms with Crippen LogP contribution in [0.1, 0.15) is 5.56 Å². The lowest BCUT2D eigenvalue weighted by atomic mass is 10.2. The Labute approximate surface area is 201 Å². The summed E-state index contributed by atoms with van der Waals surface area (Å²) in [5.74, 6) is 0.577. The molecule has 1 saturated heterocycles. The fraction of sp³-hybridized carbons (Fsp3) is 0.381. The highest BCUT2D eigenvalue weighted by Crippen LogP contribution is 2.17. The Bertz CT molecular complexity index is 974. The minimum atomic E-state index is -3.42. The van der Waals surface area contributed by atoms with Gasteiger partial charge < -0.3 is 15.1 Å². The number of halogens is 2. The minimum absolute atomic E-state index is 0. The first kappa shape index (κ1) is 25.3. The molecule has 0 spiro atoms. The molecule has 0 amide bonds. The third-order valence-corrected chi connectivity index (χ3v) is 6.96. The molecular formula is C21H29FIN5O2S. The van der Waals surface area contributed by atoms with Crippen molar-refractivity contribution in [3.63, 3.8) is 0 Å². The van der Waals surface area contributed by atoms with E-state index in [2.05, 4.69) is 20.1 Å². The Morgan fingerprint density at radius 1 is 1.03 bits per heavy atom. The van der Waals surface area contributed by atoms with Crippen LogP contribution >= 0.6 is 24.0 Å². The molecule has 1 heterocycles. The van der Waals surface area contributed by atoms with Gasteiger partial charge in [0.2, 0.25) is 10.0 Å². The highest BCUT2D eigenvalue weighted by molar-refractivity contribution is 14.0. The van der Waals surface area contributed by atoms with Gasteiger partial charge in [-0.25, -0.2) is 17.1 Å². The highest BCUT2D eigenvalue weighted by Gasteiger charge is 2.20. The van der Waals surface area contributed by atoms with Crippen LogP contribution < -0.4 is 10.2 Å². The first-order valence-corrected chi connectivity index (χ1v) is 11.2. The van der Waals surface area contributed by atoms with E-state index in [-0.39, 0.29) is 34.7 Å². The Morgan fingerprint density at radius 2 is 1.61 bits per heavy atom. The number of rotatable bonds is 5. The molecule has 0 saturated carbocycles. The number of benzene rings is 2. The molecule has 7 nitrogen and oxygen atoms in total. The second-order valence-electron chi connectivity index (χ2n) is 7.28. The van der Waals surface area contributed by atoms with Crippen LogP contribution in [0.4, 0.5) is 10.1 Å². The molecule has 0 aromatic heterocycles. The number of nitrogens with zero attached hydrogens (tertiary/aromatic N) is 4. The van der Waals surface area contributed by atoms with E-state index >= 15 is 0 Å². The normalized spacial score (nSPS) is 15.1. The lowest BCUT2D eigenvalue weighted by Gasteiger charge is -2.37. The number of guanidine groups is 1. The van der Waals surface area contributed by atoms with Gasteiger partial charge in [0.1, 0.15) is 5.82 Å². The minimum Gasteiger partial charge on any atom is -0.368 e. The monoisotopic (exact) mass is 561 g/mol. The average Bonchev–Trinajstić information content (AvgIpc) is 2.75. The summed E-state index contributed by atoms with van der Waals surface area (Å²) in [6, 6.07) is 13.4. The van der Waals surface area contributed by atoms with Gasteiger partial charge in [-0.05, 0) is 42.0 Å². The van der Waals surface area contributed by atoms with Crippen molar-refractivity contribution >= 4 is 45.6 Å². The zero-order valence-corrected chi connectivity index (χ0v) is 21.1. The lowest BCUT2D eigenvalue weighted by Crippen LogP contribution is -2.52. The van der Waals surface area contributed by atoms with Crippen LogP contribution in [0.2, 0.25) is 0 Å². The Hall–Kier alpha value is -1.92. The molecule has 10 heteroatoms. The Balaban J connectivity index is 0.00000341. The van der Waals surface area contributed by atoms with Crippen LogP contribution in [0, 0.1) is 5.82 Å². The number of aliphatic imine (C=N–C) groups is 1. The van der Waals surface area contributed by atoms with E-state index in [0.29, 0.717) is 6.54 Å². The largest absolute Gasteiger partial charge is 0.368 e. The maximum Gasteiger partial charge on any atom is 0.242 e. The van der Waals surface area contributed by atoms with Crippen LogP contribution in [-0.4, -0.2) is 70.9 Å². The molecule has 0 radical (unpaired) electrons. The summed E-state index contributed by atoms with van der Waals surface area (Å²) in [5, 5.41) is 3.35. The van der Waals surface area contributed by atoms with Crippen LogP contribution in [-0.2, 0) is 16.6 Å². The Kier molecular flexibility index (Phi) is 9.07. The molecule has 0 aliphatic carbocycles. The maximum atomic E-state index is 13.1. The standard InChI is InChI=1S/C21H28FN5O2S.HI/c1-23-21(24-16-17-4-10-20(11-5-17)30(28,29)25(2)3)27-14-12-26(13-15-27)19-8-6-18(22)7-9-19;/h4-11H,12-16H2,1-3H3,(H,23,24);1H. The second kappa shape index (κ2) is 11.1. The van der Waals surface area contributed by atoms with E-state index in [4.69, 9.17) is 0 Å². The van der Waals surface area contributed by atoms with Gasteiger partial charge in [-0.2, -0.15) is 0 Å². The fourth-order valence-electron chi connectivity index (χ4n) is 3.33. The molecule has 0 bridgehead atoms. The van der Waals surface area contributed by atoms with Gasteiger partial charge in [0.25, 0.3) is 0 Å². The fourth-order valence-corrected chi connectivity index (χ4v) is 4.23. The molecule has 0 unspecified atom stereocenters. The van der Waals surface area contributed by atoms with Crippen molar-refractivity contribution in [2.45, 2.75) is 11.4 Å². The summed E-state index contributed by atoms with van der Waals surface area (Å²) in [5.41, 5.74) is 1.99. The van der Waals surface area contributed by atoms with Crippen molar-refractivity contribution in [1.82, 2.24) is 14.5 Å². The third-order valence-electron chi connectivity index (χ3n) is 5.14. The topological polar surface area (TPSA) is 68.2 Å². The average molecular weight is 561 g/mol. The second-order valence-corrected chi connectivity index (χ2v) is 9.43. The van der Waals surface area contributed by atoms with Crippen LogP contribution in [0.3, 0.4) is 0 Å². The van der Waals surface area contributed by atoms with E-state index in [1.54, 1.807) is 31.3 Å². The van der Waals surface area contributed by atoms with Crippen molar-refractivity contribution in [3.05, 3.63) is 59.9 Å². The number of hydrogen-bond acceptors (Lipinski definition) is 4. The SMILES string of the molecule is CN=C(NCc1ccc(S(=O)(=O)N(C)C)cc1)N1CCN(c2ccc(F)cc2)CC1.I. The molecule has 1 fully saturated rings. The molecule has 3 rings (SSSR count). The van der Waals surface area contributed by atoms with Crippen molar-refractivity contribution in [3.8, 4) is 0 Å². The van der Waals surface area contributed by atoms with Crippen molar-refractivity contribution in [1.29, 1.82) is 0 Å². The number of nitrogens with one attached hydrogen (secondary N) is 1. The number of sulfonamides is 1. The molecule has 170 valence electrons. The van der Waals surface area contributed by atoms with Gasteiger partial charge >= 0.3 is 0 Å². The van der Waals surface area contributed by atoms with E-state index in [1.165, 1.54) is 30.5 Å². The molecule has 31 heavy (non-hydrogen) atoms. The number of hydrogen-bond donors (Lipinski definition) is 1. The zero-order valence-electron chi connectivity index (χ0n) is 18.0. The van der Waals surface area contributed by atoms with Crippen molar-refractivity contribution in [2.24, 2.45) is 4.99 Å².